The number of nitro benzene ring substituents is 1. The van der Waals surface area contributed by atoms with E-state index < -0.39 is 4.92 Å². The van der Waals surface area contributed by atoms with Crippen molar-refractivity contribution in [1.29, 1.82) is 0 Å². The summed E-state index contributed by atoms with van der Waals surface area (Å²) in [6.45, 7) is 1.43. The van der Waals surface area contributed by atoms with Crippen molar-refractivity contribution in [3.63, 3.8) is 0 Å². The molecule has 7 nitrogen and oxygen atoms in total. The van der Waals surface area contributed by atoms with Crippen LogP contribution in [-0.2, 0) is 11.2 Å². The molecule has 0 unspecified atom stereocenters. The van der Waals surface area contributed by atoms with Crippen LogP contribution in [0.2, 0.25) is 0 Å². The van der Waals surface area contributed by atoms with E-state index in [4.69, 9.17) is 5.73 Å². The van der Waals surface area contributed by atoms with Crippen LogP contribution in [0.25, 0.3) is 22.4 Å². The number of rotatable bonds is 3. The van der Waals surface area contributed by atoms with Crippen LogP contribution in [0.3, 0.4) is 0 Å². The number of amides is 1. The number of anilines is 2. The number of thiazole rings is 1. The number of nitrogens with one attached hydrogen (secondary N) is 1. The molecule has 0 fully saturated rings. The summed E-state index contributed by atoms with van der Waals surface area (Å²) in [6.07, 6.45) is 0.710. The van der Waals surface area contributed by atoms with Gasteiger partial charge >= 0.3 is 0 Å². The zero-order valence-electron chi connectivity index (χ0n) is 14.2. The number of hydrogen-bond donors (Lipinski definition) is 2. The Bertz CT molecular complexity index is 1080. The Morgan fingerprint density at radius 1 is 1.30 bits per heavy atom. The highest BCUT2D eigenvalue weighted by Crippen LogP contribution is 2.44. The summed E-state index contributed by atoms with van der Waals surface area (Å²) in [7, 11) is 0. The lowest BCUT2D eigenvalue weighted by Crippen LogP contribution is -2.07. The van der Waals surface area contributed by atoms with E-state index >= 15 is 0 Å². The van der Waals surface area contributed by atoms with Crippen molar-refractivity contribution in [1.82, 2.24) is 4.98 Å². The molecule has 3 aromatic rings. The molecular formula is C18H15IN4O3S. The number of nitrogens with two attached hydrogens (primary N) is 1. The van der Waals surface area contributed by atoms with Crippen molar-refractivity contribution < 1.29 is 9.72 Å². The summed E-state index contributed by atoms with van der Waals surface area (Å²) in [5.74, 6) is -0.202. The molecule has 0 bridgehead atoms. The van der Waals surface area contributed by atoms with Gasteiger partial charge in [-0.15, -0.1) is 35.3 Å². The van der Waals surface area contributed by atoms with E-state index in [-0.39, 0.29) is 35.6 Å². The van der Waals surface area contributed by atoms with Gasteiger partial charge in [0.25, 0.3) is 5.69 Å². The van der Waals surface area contributed by atoms with Gasteiger partial charge in [-0.2, -0.15) is 0 Å². The number of hydrogen-bond acceptors (Lipinski definition) is 6. The van der Waals surface area contributed by atoms with E-state index in [2.05, 4.69) is 10.3 Å². The molecule has 3 N–H and O–H groups in total. The lowest BCUT2D eigenvalue weighted by atomic mass is 9.97. The Labute approximate surface area is 175 Å². The average Bonchev–Trinajstić information content (AvgIpc) is 3.09. The Kier molecular flexibility index (Phi) is 5.16. The topological polar surface area (TPSA) is 111 Å². The summed E-state index contributed by atoms with van der Waals surface area (Å²) in [6, 6.07) is 10.2. The first-order valence-corrected chi connectivity index (χ1v) is 8.69. The number of benzene rings is 2. The third kappa shape index (κ3) is 3.52. The van der Waals surface area contributed by atoms with Crippen LogP contribution in [0.15, 0.2) is 36.4 Å². The minimum absolute atomic E-state index is 0. The SMILES string of the molecule is CC(=O)Nc1cc2c(cc1-c1cccc([N+](=O)[O-])c1)-c1nc(N)sc1C2.I. The molecule has 1 aliphatic rings. The number of non-ortho nitro benzene ring substituents is 1. The number of nitrogen functional groups attached to an aromatic ring is 1. The molecule has 27 heavy (non-hydrogen) atoms. The lowest BCUT2D eigenvalue weighted by Gasteiger charge is -2.13. The van der Waals surface area contributed by atoms with E-state index in [1.165, 1.54) is 30.4 Å². The monoisotopic (exact) mass is 494 g/mol. The molecule has 1 aliphatic carbocycles. The summed E-state index contributed by atoms with van der Waals surface area (Å²) in [5.41, 5.74) is 10.7. The van der Waals surface area contributed by atoms with Gasteiger partial charge in [0, 0.05) is 47.2 Å². The third-order valence-corrected chi connectivity index (χ3v) is 5.13. The van der Waals surface area contributed by atoms with Gasteiger partial charge in [0.15, 0.2) is 5.13 Å². The molecule has 1 aromatic heterocycles. The Morgan fingerprint density at radius 3 is 2.78 bits per heavy atom. The molecular weight excluding hydrogens is 479 g/mol. The number of halogens is 1. The Hall–Kier alpha value is -2.53. The van der Waals surface area contributed by atoms with Crippen LogP contribution < -0.4 is 11.1 Å². The number of carbonyl (C=O) groups excluding carboxylic acids is 1. The first kappa shape index (κ1) is 19.2. The smallest absolute Gasteiger partial charge is 0.270 e. The second-order valence-electron chi connectivity index (χ2n) is 6.04. The van der Waals surface area contributed by atoms with Crippen molar-refractivity contribution in [2.75, 3.05) is 11.1 Å². The number of nitro groups is 1. The summed E-state index contributed by atoms with van der Waals surface area (Å²) >= 11 is 1.45. The van der Waals surface area contributed by atoms with Crippen molar-refractivity contribution in [3.8, 4) is 22.4 Å². The normalized spacial score (nSPS) is 11.3. The molecule has 0 saturated carbocycles. The van der Waals surface area contributed by atoms with Crippen LogP contribution in [0.4, 0.5) is 16.5 Å². The summed E-state index contributed by atoms with van der Waals surface area (Å²) < 4.78 is 0. The number of nitrogens with zero attached hydrogens (tertiary/aromatic N) is 2. The van der Waals surface area contributed by atoms with E-state index in [0.29, 0.717) is 28.4 Å². The number of aromatic nitrogens is 1. The second-order valence-corrected chi connectivity index (χ2v) is 7.16. The fourth-order valence-corrected chi connectivity index (χ4v) is 4.07. The zero-order valence-corrected chi connectivity index (χ0v) is 17.3. The predicted octanol–water partition coefficient (Wildman–Crippen LogP) is 4.45. The van der Waals surface area contributed by atoms with Gasteiger partial charge < -0.3 is 11.1 Å². The fraction of sp³-hybridized carbons (Fsp3) is 0.111. The van der Waals surface area contributed by atoms with Gasteiger partial charge in [0.1, 0.15) is 0 Å². The third-order valence-electron chi connectivity index (χ3n) is 4.24. The summed E-state index contributed by atoms with van der Waals surface area (Å²) in [5, 5.41) is 14.5. The quantitative estimate of drug-likeness (QED) is 0.249. The fourth-order valence-electron chi connectivity index (χ4n) is 3.20. The van der Waals surface area contributed by atoms with Crippen LogP contribution in [0.5, 0.6) is 0 Å². The molecule has 9 heteroatoms. The maximum Gasteiger partial charge on any atom is 0.270 e. The Morgan fingerprint density at radius 2 is 2.07 bits per heavy atom. The maximum absolute atomic E-state index is 11.6. The molecule has 0 saturated heterocycles. The largest absolute Gasteiger partial charge is 0.375 e. The van der Waals surface area contributed by atoms with Gasteiger partial charge in [-0.3, -0.25) is 14.9 Å². The van der Waals surface area contributed by atoms with E-state index in [1.807, 2.05) is 12.1 Å². The standard InChI is InChI=1S/C18H14N4O3S.HI/c1-9(23)20-15-6-11-7-16-17(21-18(19)26-16)14(11)8-13(15)10-3-2-4-12(5-10)22(24)25;/h2-6,8H,7H2,1H3,(H2,19,21)(H,20,23);1H. The molecule has 0 radical (unpaired) electrons. The van der Waals surface area contributed by atoms with Gasteiger partial charge in [0.2, 0.25) is 5.91 Å². The van der Waals surface area contributed by atoms with Crippen molar-refractivity contribution in [3.05, 3.63) is 57.0 Å². The molecule has 1 amide bonds. The molecule has 4 rings (SSSR count). The van der Waals surface area contributed by atoms with Crippen LogP contribution in [-0.4, -0.2) is 15.8 Å². The second kappa shape index (κ2) is 7.24. The minimum Gasteiger partial charge on any atom is -0.375 e. The predicted molar refractivity (Wildman–Crippen MR) is 117 cm³/mol. The first-order chi connectivity index (χ1) is 12.4. The highest BCUT2D eigenvalue weighted by Gasteiger charge is 2.25. The molecule has 138 valence electrons. The van der Waals surface area contributed by atoms with Gasteiger partial charge in [-0.25, -0.2) is 4.98 Å². The lowest BCUT2D eigenvalue weighted by molar-refractivity contribution is -0.384. The van der Waals surface area contributed by atoms with Crippen molar-refractivity contribution in [2.45, 2.75) is 13.3 Å². The van der Waals surface area contributed by atoms with Crippen LogP contribution in [0.1, 0.15) is 17.4 Å². The van der Waals surface area contributed by atoms with Crippen LogP contribution in [0, 0.1) is 10.1 Å². The van der Waals surface area contributed by atoms with E-state index in [1.54, 1.807) is 12.1 Å². The van der Waals surface area contributed by atoms with Crippen molar-refractivity contribution in [2.24, 2.45) is 0 Å². The van der Waals surface area contributed by atoms with Crippen molar-refractivity contribution >= 4 is 57.7 Å². The number of carbonyl (C=O) groups is 1. The molecule has 0 spiro atoms. The maximum atomic E-state index is 11.6. The molecule has 2 aromatic carbocycles. The van der Waals surface area contributed by atoms with Gasteiger partial charge in [0.05, 0.1) is 10.6 Å². The highest BCUT2D eigenvalue weighted by atomic mass is 127. The number of fused-ring (bicyclic) bond motifs is 3. The summed E-state index contributed by atoms with van der Waals surface area (Å²) in [4.78, 5) is 27.8. The zero-order chi connectivity index (χ0) is 18.4. The van der Waals surface area contributed by atoms with E-state index in [9.17, 15) is 14.9 Å². The van der Waals surface area contributed by atoms with E-state index in [0.717, 1.165) is 21.7 Å². The highest BCUT2D eigenvalue weighted by molar-refractivity contribution is 14.0. The Balaban J connectivity index is 0.00000210. The van der Waals surface area contributed by atoms with Crippen LogP contribution >= 0.6 is 35.3 Å². The minimum atomic E-state index is -0.436. The molecule has 0 atom stereocenters. The van der Waals surface area contributed by atoms with Gasteiger partial charge in [-0.1, -0.05) is 12.1 Å². The average molecular weight is 494 g/mol. The van der Waals surface area contributed by atoms with Gasteiger partial charge in [-0.05, 0) is 23.3 Å². The first-order valence-electron chi connectivity index (χ1n) is 7.87. The molecule has 1 heterocycles. The molecule has 0 aliphatic heterocycles.